The smallest absolute Gasteiger partial charge is 0.223 e. The number of aromatic amines is 1. The minimum Gasteiger partial charge on any atom is -0.458 e. The number of carbonyl (C=O) groups excluding carboxylic acids is 1. The van der Waals surface area contributed by atoms with Crippen LogP contribution in [0.1, 0.15) is 34.5 Å². The monoisotopic (exact) mass is 377 g/mol. The maximum Gasteiger partial charge on any atom is 0.223 e. The molecule has 0 saturated carbocycles. The summed E-state index contributed by atoms with van der Waals surface area (Å²) < 4.78 is 6.12. The van der Waals surface area contributed by atoms with Crippen LogP contribution < -0.4 is 0 Å². The van der Waals surface area contributed by atoms with Crippen molar-refractivity contribution >= 4 is 28.2 Å². The number of nitrogens with zero attached hydrogens (tertiary/aromatic N) is 2. The zero-order chi connectivity index (χ0) is 18.2. The quantitative estimate of drug-likeness (QED) is 0.576. The average molecular weight is 377 g/mol. The Bertz CT molecular complexity index is 1050. The SMILES string of the molecule is O=C(CCc1cccs1)N1CCc2[nH]cnc2[C@@H]1c1cc2ccccc2o1. The molecule has 0 radical (unpaired) electrons. The lowest BCUT2D eigenvalue weighted by Gasteiger charge is -2.33. The topological polar surface area (TPSA) is 62.1 Å². The van der Waals surface area contributed by atoms with Gasteiger partial charge in [0.05, 0.1) is 12.0 Å². The summed E-state index contributed by atoms with van der Waals surface area (Å²) in [6, 6.07) is 13.8. The van der Waals surface area contributed by atoms with Crippen molar-refractivity contribution in [3.05, 3.63) is 76.2 Å². The van der Waals surface area contributed by atoms with E-state index in [9.17, 15) is 4.79 Å². The maximum atomic E-state index is 13.1. The van der Waals surface area contributed by atoms with Crippen molar-refractivity contribution in [1.29, 1.82) is 0 Å². The number of thiophene rings is 1. The second-order valence-electron chi connectivity index (χ2n) is 6.77. The van der Waals surface area contributed by atoms with E-state index in [0.717, 1.165) is 41.0 Å². The van der Waals surface area contributed by atoms with Crippen LogP contribution in [-0.2, 0) is 17.6 Å². The molecule has 0 fully saturated rings. The lowest BCUT2D eigenvalue weighted by Crippen LogP contribution is -2.40. The highest BCUT2D eigenvalue weighted by atomic mass is 32.1. The van der Waals surface area contributed by atoms with Gasteiger partial charge in [0.2, 0.25) is 5.91 Å². The molecule has 3 aromatic heterocycles. The van der Waals surface area contributed by atoms with Gasteiger partial charge in [-0.2, -0.15) is 0 Å². The normalized spacial score (nSPS) is 16.6. The molecule has 0 spiro atoms. The Morgan fingerprint density at radius 3 is 3.07 bits per heavy atom. The molecule has 1 N–H and O–H groups in total. The highest BCUT2D eigenvalue weighted by molar-refractivity contribution is 7.09. The summed E-state index contributed by atoms with van der Waals surface area (Å²) in [5, 5.41) is 3.09. The molecule has 1 aromatic carbocycles. The Morgan fingerprint density at radius 2 is 2.22 bits per heavy atom. The van der Waals surface area contributed by atoms with Crippen molar-refractivity contribution < 1.29 is 9.21 Å². The molecule has 1 atom stereocenters. The van der Waals surface area contributed by atoms with E-state index < -0.39 is 0 Å². The van der Waals surface area contributed by atoms with Gasteiger partial charge in [0.15, 0.2) is 0 Å². The predicted octanol–water partition coefficient (Wildman–Crippen LogP) is 4.32. The summed E-state index contributed by atoms with van der Waals surface area (Å²) in [4.78, 5) is 24.0. The van der Waals surface area contributed by atoms with Crippen LogP contribution in [0.2, 0.25) is 0 Å². The second-order valence-corrected chi connectivity index (χ2v) is 7.80. The number of H-pyrrole nitrogens is 1. The van der Waals surface area contributed by atoms with Gasteiger partial charge < -0.3 is 14.3 Å². The summed E-state index contributed by atoms with van der Waals surface area (Å²) in [6.45, 7) is 0.667. The van der Waals surface area contributed by atoms with Crippen LogP contribution in [0.5, 0.6) is 0 Å². The first kappa shape index (κ1) is 16.3. The van der Waals surface area contributed by atoms with Crippen molar-refractivity contribution in [3.63, 3.8) is 0 Å². The number of carbonyl (C=O) groups is 1. The van der Waals surface area contributed by atoms with E-state index in [-0.39, 0.29) is 11.9 Å². The van der Waals surface area contributed by atoms with Gasteiger partial charge in [0, 0.05) is 35.3 Å². The molecule has 27 heavy (non-hydrogen) atoms. The minimum atomic E-state index is -0.275. The van der Waals surface area contributed by atoms with E-state index in [1.807, 2.05) is 46.7 Å². The van der Waals surface area contributed by atoms with Crippen molar-refractivity contribution in [2.75, 3.05) is 6.54 Å². The van der Waals surface area contributed by atoms with Crippen LogP contribution in [-0.4, -0.2) is 27.3 Å². The first-order valence-corrected chi connectivity index (χ1v) is 10.00. The number of furan rings is 1. The van der Waals surface area contributed by atoms with Gasteiger partial charge in [-0.25, -0.2) is 4.98 Å². The molecule has 0 saturated heterocycles. The van der Waals surface area contributed by atoms with Crippen LogP contribution >= 0.6 is 11.3 Å². The molecule has 5 nitrogen and oxygen atoms in total. The molecule has 0 unspecified atom stereocenters. The molecule has 5 rings (SSSR count). The molecule has 1 aliphatic heterocycles. The summed E-state index contributed by atoms with van der Waals surface area (Å²) in [7, 11) is 0. The molecule has 6 heteroatoms. The van der Waals surface area contributed by atoms with Crippen LogP contribution in [0.25, 0.3) is 11.0 Å². The molecule has 0 aliphatic carbocycles. The third-order valence-corrected chi connectivity index (χ3v) is 6.06. The fourth-order valence-electron chi connectivity index (χ4n) is 3.80. The first-order valence-electron chi connectivity index (χ1n) is 9.12. The van der Waals surface area contributed by atoms with Gasteiger partial charge in [-0.05, 0) is 30.0 Å². The number of benzene rings is 1. The van der Waals surface area contributed by atoms with E-state index in [1.165, 1.54) is 4.88 Å². The third kappa shape index (κ3) is 2.96. The minimum absolute atomic E-state index is 0.141. The average Bonchev–Trinajstić information content (AvgIpc) is 3.45. The highest BCUT2D eigenvalue weighted by Gasteiger charge is 2.36. The summed E-state index contributed by atoms with van der Waals surface area (Å²) in [5.41, 5.74) is 2.81. The highest BCUT2D eigenvalue weighted by Crippen LogP contribution is 2.36. The molecular formula is C21H19N3O2S. The third-order valence-electron chi connectivity index (χ3n) is 5.12. The number of aromatic nitrogens is 2. The number of para-hydroxylation sites is 1. The molecule has 0 bridgehead atoms. The number of imidazole rings is 1. The zero-order valence-corrected chi connectivity index (χ0v) is 15.5. The van der Waals surface area contributed by atoms with Gasteiger partial charge in [0.1, 0.15) is 17.4 Å². The number of fused-ring (bicyclic) bond motifs is 2. The molecular weight excluding hydrogens is 358 g/mol. The standard InChI is InChI=1S/C21H19N3O2S/c25-19(8-7-15-5-3-11-27-15)24-10-9-16-20(23-13-22-16)21(24)18-12-14-4-1-2-6-17(14)26-18/h1-6,11-13,21H,7-10H2,(H,22,23)/t21-/m0/s1. The Labute approximate surface area is 160 Å². The van der Waals surface area contributed by atoms with Crippen LogP contribution in [0.4, 0.5) is 0 Å². The van der Waals surface area contributed by atoms with Crippen LogP contribution in [0, 0.1) is 0 Å². The number of hydrogen-bond acceptors (Lipinski definition) is 4. The van der Waals surface area contributed by atoms with Gasteiger partial charge in [-0.15, -0.1) is 11.3 Å². The molecule has 4 aromatic rings. The molecule has 1 amide bonds. The Hall–Kier alpha value is -2.86. The van der Waals surface area contributed by atoms with E-state index in [1.54, 1.807) is 17.7 Å². The second kappa shape index (κ2) is 6.70. The lowest BCUT2D eigenvalue weighted by molar-refractivity contribution is -0.133. The van der Waals surface area contributed by atoms with Gasteiger partial charge >= 0.3 is 0 Å². The van der Waals surface area contributed by atoms with Crippen molar-refractivity contribution in [3.8, 4) is 0 Å². The van der Waals surface area contributed by atoms with Crippen molar-refractivity contribution in [2.24, 2.45) is 0 Å². The maximum absolute atomic E-state index is 13.1. The van der Waals surface area contributed by atoms with E-state index in [0.29, 0.717) is 13.0 Å². The number of amides is 1. The zero-order valence-electron chi connectivity index (χ0n) is 14.7. The first-order chi connectivity index (χ1) is 13.3. The fraction of sp³-hybridized carbons (Fsp3) is 0.238. The Morgan fingerprint density at radius 1 is 1.30 bits per heavy atom. The number of nitrogens with one attached hydrogen (secondary N) is 1. The van der Waals surface area contributed by atoms with Crippen molar-refractivity contribution in [2.45, 2.75) is 25.3 Å². The summed E-state index contributed by atoms with van der Waals surface area (Å²) in [6.07, 6.45) is 3.76. The van der Waals surface area contributed by atoms with Gasteiger partial charge in [-0.3, -0.25) is 4.79 Å². The van der Waals surface area contributed by atoms with Gasteiger partial charge in [-0.1, -0.05) is 24.3 Å². The number of hydrogen-bond donors (Lipinski definition) is 1. The van der Waals surface area contributed by atoms with Gasteiger partial charge in [0.25, 0.3) is 0 Å². The fourth-order valence-corrected chi connectivity index (χ4v) is 4.51. The Kier molecular flexibility index (Phi) is 4.05. The predicted molar refractivity (Wildman–Crippen MR) is 105 cm³/mol. The van der Waals surface area contributed by atoms with E-state index >= 15 is 0 Å². The lowest BCUT2D eigenvalue weighted by atomic mass is 9.99. The summed E-state index contributed by atoms with van der Waals surface area (Å²) in [5.74, 6) is 0.913. The number of aryl methyl sites for hydroxylation is 1. The number of rotatable bonds is 4. The van der Waals surface area contributed by atoms with Crippen LogP contribution in [0.3, 0.4) is 0 Å². The van der Waals surface area contributed by atoms with Crippen molar-refractivity contribution in [1.82, 2.24) is 14.9 Å². The van der Waals surface area contributed by atoms with Crippen LogP contribution in [0.15, 0.2) is 58.6 Å². The Balaban J connectivity index is 1.49. The van der Waals surface area contributed by atoms with E-state index in [2.05, 4.69) is 16.0 Å². The summed E-state index contributed by atoms with van der Waals surface area (Å²) >= 11 is 1.70. The molecule has 136 valence electrons. The molecule has 4 heterocycles. The largest absolute Gasteiger partial charge is 0.458 e. The molecule has 1 aliphatic rings. The van der Waals surface area contributed by atoms with E-state index in [4.69, 9.17) is 4.42 Å².